The molecule has 6 heteroatoms. The fourth-order valence-electron chi connectivity index (χ4n) is 2.69. The number of oxime groups is 1. The molecule has 0 aromatic carbocycles. The lowest BCUT2D eigenvalue weighted by Gasteiger charge is -2.33. The highest BCUT2D eigenvalue weighted by Gasteiger charge is 2.40. The second-order valence-electron chi connectivity index (χ2n) is 5.25. The van der Waals surface area contributed by atoms with E-state index in [1.54, 1.807) is 0 Å². The zero-order valence-corrected chi connectivity index (χ0v) is 11.7. The van der Waals surface area contributed by atoms with Gasteiger partial charge in [-0.05, 0) is 38.5 Å². The molecule has 0 bridgehead atoms. The summed E-state index contributed by atoms with van der Waals surface area (Å²) < 4.78 is 0. The number of amides is 1. The van der Waals surface area contributed by atoms with E-state index in [1.807, 2.05) is 13.8 Å². The van der Waals surface area contributed by atoms with Gasteiger partial charge in [0.15, 0.2) is 5.84 Å². The summed E-state index contributed by atoms with van der Waals surface area (Å²) in [7, 11) is 0. The molecule has 0 saturated heterocycles. The molecule has 0 aromatic heterocycles. The molecule has 0 aliphatic heterocycles. The van der Waals surface area contributed by atoms with Crippen molar-refractivity contribution in [3.05, 3.63) is 0 Å². The van der Waals surface area contributed by atoms with Crippen molar-refractivity contribution in [1.82, 2.24) is 5.32 Å². The van der Waals surface area contributed by atoms with Crippen LogP contribution in [0.1, 0.15) is 52.4 Å². The predicted molar refractivity (Wildman–Crippen MR) is 72.8 cm³/mol. The minimum absolute atomic E-state index is 0.0363. The first-order valence-corrected chi connectivity index (χ1v) is 6.97. The van der Waals surface area contributed by atoms with Crippen LogP contribution in [0.2, 0.25) is 0 Å². The molecule has 0 heterocycles. The van der Waals surface area contributed by atoms with E-state index in [0.717, 1.165) is 12.8 Å². The van der Waals surface area contributed by atoms with Crippen molar-refractivity contribution in [3.8, 4) is 0 Å². The molecule has 1 saturated carbocycles. The summed E-state index contributed by atoms with van der Waals surface area (Å²) >= 11 is 0. The third-order valence-corrected chi connectivity index (χ3v) is 4.27. The quantitative estimate of drug-likeness (QED) is 0.258. The number of aliphatic hydroxyl groups is 1. The molecule has 1 aliphatic carbocycles. The topological polar surface area (TPSA) is 108 Å². The van der Waals surface area contributed by atoms with Gasteiger partial charge in [0.2, 0.25) is 5.91 Å². The average molecular weight is 271 g/mol. The molecule has 1 fully saturated rings. The Labute approximate surface area is 114 Å². The van der Waals surface area contributed by atoms with Crippen LogP contribution < -0.4 is 11.1 Å². The molecular formula is C13H25N3O3. The number of nitrogens with zero attached hydrogens (tertiary/aromatic N) is 1. The first-order valence-electron chi connectivity index (χ1n) is 6.97. The van der Waals surface area contributed by atoms with E-state index in [-0.39, 0.29) is 23.9 Å². The molecule has 1 amide bonds. The summed E-state index contributed by atoms with van der Waals surface area (Å²) in [5, 5.41) is 24.3. The van der Waals surface area contributed by atoms with Crippen molar-refractivity contribution in [2.75, 3.05) is 0 Å². The number of nitrogens with one attached hydrogen (secondary N) is 1. The van der Waals surface area contributed by atoms with Gasteiger partial charge >= 0.3 is 0 Å². The van der Waals surface area contributed by atoms with Crippen LogP contribution in [0, 0.1) is 5.41 Å². The number of hydrogen-bond donors (Lipinski definition) is 4. The number of amidine groups is 1. The molecule has 0 spiro atoms. The normalized spacial score (nSPS) is 25.1. The van der Waals surface area contributed by atoms with Gasteiger partial charge in [-0.2, -0.15) is 0 Å². The standard InChI is InChI=1S/C13H25N3O3/c1-3-13(4-2,11(14)16-19)12(18)15-9-5-7-10(17)8-6-9/h9-10,17,19H,3-8H2,1-2H3,(H2,14,16)(H,15,18). The molecule has 1 rings (SSSR count). The summed E-state index contributed by atoms with van der Waals surface area (Å²) in [4.78, 5) is 12.4. The second kappa shape index (κ2) is 6.75. The lowest BCUT2D eigenvalue weighted by molar-refractivity contribution is -0.129. The molecule has 110 valence electrons. The Balaban J connectivity index is 2.73. The van der Waals surface area contributed by atoms with Gasteiger partial charge in [-0.15, -0.1) is 0 Å². The van der Waals surface area contributed by atoms with Gasteiger partial charge in [0.1, 0.15) is 5.41 Å². The van der Waals surface area contributed by atoms with Crippen LogP contribution in [-0.4, -0.2) is 34.2 Å². The van der Waals surface area contributed by atoms with E-state index in [4.69, 9.17) is 10.9 Å². The predicted octanol–water partition coefficient (Wildman–Crippen LogP) is 0.959. The highest BCUT2D eigenvalue weighted by atomic mass is 16.4. The van der Waals surface area contributed by atoms with E-state index < -0.39 is 5.41 Å². The monoisotopic (exact) mass is 271 g/mol. The largest absolute Gasteiger partial charge is 0.409 e. The fraction of sp³-hybridized carbons (Fsp3) is 0.846. The van der Waals surface area contributed by atoms with Gasteiger partial charge in [-0.25, -0.2) is 0 Å². The maximum absolute atomic E-state index is 12.4. The number of aliphatic hydroxyl groups excluding tert-OH is 1. The van der Waals surface area contributed by atoms with Gasteiger partial charge in [0.25, 0.3) is 0 Å². The van der Waals surface area contributed by atoms with Crippen LogP contribution in [-0.2, 0) is 4.79 Å². The smallest absolute Gasteiger partial charge is 0.234 e. The van der Waals surface area contributed by atoms with Crippen molar-refractivity contribution in [2.24, 2.45) is 16.3 Å². The van der Waals surface area contributed by atoms with E-state index in [2.05, 4.69) is 10.5 Å². The average Bonchev–Trinajstić information content (AvgIpc) is 2.43. The number of carbonyl (C=O) groups is 1. The molecule has 1 aliphatic rings. The maximum Gasteiger partial charge on any atom is 0.234 e. The number of nitrogens with two attached hydrogens (primary N) is 1. The lowest BCUT2D eigenvalue weighted by atomic mass is 9.79. The first kappa shape index (κ1) is 15.8. The molecular weight excluding hydrogens is 246 g/mol. The van der Waals surface area contributed by atoms with Crippen LogP contribution in [0.5, 0.6) is 0 Å². The minimum atomic E-state index is -0.940. The van der Waals surface area contributed by atoms with Gasteiger partial charge in [0, 0.05) is 6.04 Å². The molecule has 5 N–H and O–H groups in total. The SMILES string of the molecule is CCC(CC)(C(=O)NC1CCC(O)CC1)C(N)=NO. The molecule has 0 aromatic rings. The Morgan fingerprint density at radius 3 is 2.26 bits per heavy atom. The van der Waals surface area contributed by atoms with Gasteiger partial charge in [-0.1, -0.05) is 19.0 Å². The lowest BCUT2D eigenvalue weighted by Crippen LogP contribution is -2.52. The third kappa shape index (κ3) is 3.37. The van der Waals surface area contributed by atoms with Crippen molar-refractivity contribution in [3.63, 3.8) is 0 Å². The van der Waals surface area contributed by atoms with Gasteiger partial charge < -0.3 is 21.4 Å². The van der Waals surface area contributed by atoms with Crippen molar-refractivity contribution in [1.29, 1.82) is 0 Å². The van der Waals surface area contributed by atoms with Crippen LogP contribution in [0.15, 0.2) is 5.16 Å². The minimum Gasteiger partial charge on any atom is -0.409 e. The number of carbonyl (C=O) groups excluding carboxylic acids is 1. The van der Waals surface area contributed by atoms with Crippen LogP contribution in [0.3, 0.4) is 0 Å². The summed E-state index contributed by atoms with van der Waals surface area (Å²) in [6, 6.07) is 0.0693. The van der Waals surface area contributed by atoms with Crippen LogP contribution >= 0.6 is 0 Å². The highest BCUT2D eigenvalue weighted by molar-refractivity contribution is 6.06. The molecule has 6 nitrogen and oxygen atoms in total. The van der Waals surface area contributed by atoms with E-state index in [1.165, 1.54) is 0 Å². The van der Waals surface area contributed by atoms with Gasteiger partial charge in [0.05, 0.1) is 6.10 Å². The first-order chi connectivity index (χ1) is 9.00. The Morgan fingerprint density at radius 1 is 1.32 bits per heavy atom. The Morgan fingerprint density at radius 2 is 1.84 bits per heavy atom. The fourth-order valence-corrected chi connectivity index (χ4v) is 2.69. The zero-order chi connectivity index (χ0) is 14.5. The number of rotatable bonds is 5. The van der Waals surface area contributed by atoms with Crippen molar-refractivity contribution >= 4 is 11.7 Å². The molecule has 0 unspecified atom stereocenters. The van der Waals surface area contributed by atoms with Crippen molar-refractivity contribution in [2.45, 2.75) is 64.5 Å². The Kier molecular flexibility index (Phi) is 5.60. The second-order valence-corrected chi connectivity index (χ2v) is 5.25. The summed E-state index contributed by atoms with van der Waals surface area (Å²) in [5.41, 5.74) is 4.76. The Hall–Kier alpha value is -1.30. The van der Waals surface area contributed by atoms with Crippen LogP contribution in [0.25, 0.3) is 0 Å². The van der Waals surface area contributed by atoms with E-state index in [9.17, 15) is 9.90 Å². The molecule has 0 radical (unpaired) electrons. The summed E-state index contributed by atoms with van der Waals surface area (Å²) in [5.74, 6) is -0.222. The zero-order valence-electron chi connectivity index (χ0n) is 11.7. The summed E-state index contributed by atoms with van der Waals surface area (Å²) in [6.45, 7) is 3.71. The number of hydrogen-bond acceptors (Lipinski definition) is 4. The highest BCUT2D eigenvalue weighted by Crippen LogP contribution is 2.28. The summed E-state index contributed by atoms with van der Waals surface area (Å²) in [6.07, 6.45) is 3.68. The Bertz CT molecular complexity index is 332. The van der Waals surface area contributed by atoms with Crippen LogP contribution in [0.4, 0.5) is 0 Å². The molecule has 0 atom stereocenters. The van der Waals surface area contributed by atoms with E-state index >= 15 is 0 Å². The third-order valence-electron chi connectivity index (χ3n) is 4.27. The molecule has 19 heavy (non-hydrogen) atoms. The maximum atomic E-state index is 12.4. The van der Waals surface area contributed by atoms with Gasteiger partial charge in [-0.3, -0.25) is 4.79 Å². The van der Waals surface area contributed by atoms with Crippen molar-refractivity contribution < 1.29 is 15.1 Å². The van der Waals surface area contributed by atoms with E-state index in [0.29, 0.717) is 25.7 Å².